The number of hydrogen-bond donors (Lipinski definition) is 1. The Labute approximate surface area is 124 Å². The zero-order valence-corrected chi connectivity index (χ0v) is 13.8. The summed E-state index contributed by atoms with van der Waals surface area (Å²) >= 11 is 1.27. The lowest BCUT2D eigenvalue weighted by Gasteiger charge is -2.35. The standard InChI is InChI=1S/C13H22N2O3S2/c1-9-4-5-15(8-11(9)18-3)20(16,17)13-6-10(2)12(7-14)19-13/h6,9,11H,4-5,7-8,14H2,1-3H3. The van der Waals surface area contributed by atoms with Crippen molar-refractivity contribution in [1.82, 2.24) is 4.31 Å². The first-order valence-corrected chi connectivity index (χ1v) is 8.98. The highest BCUT2D eigenvalue weighted by molar-refractivity contribution is 7.91. The van der Waals surface area contributed by atoms with E-state index in [0.29, 0.717) is 29.8 Å². The third-order valence-corrected chi connectivity index (χ3v) is 7.51. The van der Waals surface area contributed by atoms with E-state index in [-0.39, 0.29) is 6.10 Å². The summed E-state index contributed by atoms with van der Waals surface area (Å²) in [7, 11) is -1.79. The minimum Gasteiger partial charge on any atom is -0.380 e. The fourth-order valence-electron chi connectivity index (χ4n) is 2.48. The molecule has 0 radical (unpaired) electrons. The minimum absolute atomic E-state index is 0.0337. The molecule has 1 aromatic heterocycles. The first-order chi connectivity index (χ1) is 9.40. The van der Waals surface area contributed by atoms with Crippen LogP contribution >= 0.6 is 11.3 Å². The highest BCUT2D eigenvalue weighted by atomic mass is 32.2. The van der Waals surface area contributed by atoms with Crippen LogP contribution < -0.4 is 5.73 Å². The predicted molar refractivity (Wildman–Crippen MR) is 80.3 cm³/mol. The second-order valence-corrected chi connectivity index (χ2v) is 8.58. The van der Waals surface area contributed by atoms with Gasteiger partial charge in [0.15, 0.2) is 0 Å². The molecule has 20 heavy (non-hydrogen) atoms. The molecular weight excluding hydrogens is 296 g/mol. The number of hydrogen-bond acceptors (Lipinski definition) is 5. The molecule has 0 spiro atoms. The molecule has 1 aliphatic heterocycles. The van der Waals surface area contributed by atoms with Crippen molar-refractivity contribution in [2.45, 2.75) is 37.1 Å². The second kappa shape index (κ2) is 6.11. The minimum atomic E-state index is -3.42. The molecule has 0 aliphatic carbocycles. The largest absolute Gasteiger partial charge is 0.380 e. The van der Waals surface area contributed by atoms with Gasteiger partial charge in [0.25, 0.3) is 10.0 Å². The highest BCUT2D eigenvalue weighted by Crippen LogP contribution is 2.31. The van der Waals surface area contributed by atoms with Gasteiger partial charge in [-0.2, -0.15) is 4.31 Å². The second-order valence-electron chi connectivity index (χ2n) is 5.28. The van der Waals surface area contributed by atoms with Crippen LogP contribution in [0.4, 0.5) is 0 Å². The number of methoxy groups -OCH3 is 1. The van der Waals surface area contributed by atoms with Crippen molar-refractivity contribution in [2.75, 3.05) is 20.2 Å². The van der Waals surface area contributed by atoms with E-state index in [1.54, 1.807) is 13.2 Å². The number of rotatable bonds is 4. The molecule has 2 heterocycles. The molecule has 114 valence electrons. The zero-order valence-electron chi connectivity index (χ0n) is 12.1. The van der Waals surface area contributed by atoms with Gasteiger partial charge in [-0.15, -0.1) is 11.3 Å². The molecule has 1 saturated heterocycles. The maximum atomic E-state index is 12.7. The summed E-state index contributed by atoms with van der Waals surface area (Å²) in [5, 5.41) is 0. The van der Waals surface area contributed by atoms with E-state index >= 15 is 0 Å². The van der Waals surface area contributed by atoms with Crippen LogP contribution in [-0.2, 0) is 21.3 Å². The number of piperidine rings is 1. The third-order valence-electron chi connectivity index (χ3n) is 3.93. The Kier molecular flexibility index (Phi) is 4.86. The molecule has 2 N–H and O–H groups in total. The van der Waals surface area contributed by atoms with Crippen LogP contribution in [0.3, 0.4) is 0 Å². The Morgan fingerprint density at radius 2 is 2.25 bits per heavy atom. The van der Waals surface area contributed by atoms with E-state index in [1.807, 2.05) is 6.92 Å². The van der Waals surface area contributed by atoms with E-state index in [1.165, 1.54) is 15.6 Å². The van der Waals surface area contributed by atoms with Crippen LogP contribution in [0.25, 0.3) is 0 Å². The number of thiophene rings is 1. The van der Waals surface area contributed by atoms with Crippen LogP contribution in [-0.4, -0.2) is 39.0 Å². The normalized spacial score (nSPS) is 25.0. The maximum Gasteiger partial charge on any atom is 0.252 e. The molecule has 1 aromatic rings. The molecule has 1 aliphatic rings. The Balaban J connectivity index is 2.25. The van der Waals surface area contributed by atoms with Crippen molar-refractivity contribution in [3.8, 4) is 0 Å². The van der Waals surface area contributed by atoms with Gasteiger partial charge in [0.2, 0.25) is 0 Å². The molecule has 5 nitrogen and oxygen atoms in total. The SMILES string of the molecule is COC1CN(S(=O)(=O)c2cc(C)c(CN)s2)CCC1C. The summed E-state index contributed by atoms with van der Waals surface area (Å²) in [6.07, 6.45) is 0.792. The van der Waals surface area contributed by atoms with Crippen molar-refractivity contribution in [3.63, 3.8) is 0 Å². The Bertz CT molecular complexity index is 568. The highest BCUT2D eigenvalue weighted by Gasteiger charge is 2.34. The fourth-order valence-corrected chi connectivity index (χ4v) is 5.57. The molecule has 2 atom stereocenters. The monoisotopic (exact) mass is 318 g/mol. The van der Waals surface area contributed by atoms with Gasteiger partial charge in [-0.05, 0) is 30.9 Å². The third kappa shape index (κ3) is 2.92. The van der Waals surface area contributed by atoms with Gasteiger partial charge in [0.1, 0.15) is 4.21 Å². The average Bonchev–Trinajstić information content (AvgIpc) is 2.81. The molecule has 0 aromatic carbocycles. The van der Waals surface area contributed by atoms with Gasteiger partial charge in [-0.25, -0.2) is 8.42 Å². The Morgan fingerprint density at radius 1 is 1.55 bits per heavy atom. The number of sulfonamides is 1. The predicted octanol–water partition coefficient (Wildman–Crippen LogP) is 1.56. The number of ether oxygens (including phenoxy) is 1. The van der Waals surface area contributed by atoms with Gasteiger partial charge in [0, 0.05) is 31.6 Å². The van der Waals surface area contributed by atoms with Gasteiger partial charge < -0.3 is 10.5 Å². The first-order valence-electron chi connectivity index (χ1n) is 6.72. The van der Waals surface area contributed by atoms with E-state index in [4.69, 9.17) is 10.5 Å². The number of nitrogens with zero attached hydrogens (tertiary/aromatic N) is 1. The molecule has 0 amide bonds. The topological polar surface area (TPSA) is 72.6 Å². The Morgan fingerprint density at radius 3 is 2.80 bits per heavy atom. The van der Waals surface area contributed by atoms with Crippen molar-refractivity contribution >= 4 is 21.4 Å². The van der Waals surface area contributed by atoms with Gasteiger partial charge in [0.05, 0.1) is 6.10 Å². The fraction of sp³-hybridized carbons (Fsp3) is 0.692. The summed E-state index contributed by atoms with van der Waals surface area (Å²) in [5.41, 5.74) is 6.58. The van der Waals surface area contributed by atoms with E-state index in [2.05, 4.69) is 6.92 Å². The quantitative estimate of drug-likeness (QED) is 0.914. The maximum absolute atomic E-state index is 12.7. The smallest absolute Gasteiger partial charge is 0.252 e. The van der Waals surface area contributed by atoms with Gasteiger partial charge >= 0.3 is 0 Å². The molecule has 0 saturated carbocycles. The summed E-state index contributed by atoms with van der Waals surface area (Å²) in [4.78, 5) is 0.928. The van der Waals surface area contributed by atoms with Crippen molar-refractivity contribution < 1.29 is 13.2 Å². The molecule has 2 unspecified atom stereocenters. The van der Waals surface area contributed by atoms with Crippen LogP contribution in [0.1, 0.15) is 23.8 Å². The first kappa shape index (κ1) is 15.9. The zero-order chi connectivity index (χ0) is 14.9. The van der Waals surface area contributed by atoms with Crippen LogP contribution in [0.2, 0.25) is 0 Å². The summed E-state index contributed by atoms with van der Waals surface area (Å²) in [5.74, 6) is 0.385. The lowest BCUT2D eigenvalue weighted by molar-refractivity contribution is 0.0184. The average molecular weight is 318 g/mol. The van der Waals surface area contributed by atoms with Crippen LogP contribution in [0.5, 0.6) is 0 Å². The summed E-state index contributed by atoms with van der Waals surface area (Å²) < 4.78 is 32.7. The Hall–Kier alpha value is -0.470. The molecule has 7 heteroatoms. The van der Waals surface area contributed by atoms with Gasteiger partial charge in [-0.1, -0.05) is 6.92 Å². The summed E-state index contributed by atoms with van der Waals surface area (Å²) in [6.45, 7) is 5.35. The summed E-state index contributed by atoms with van der Waals surface area (Å²) in [6, 6.07) is 1.72. The van der Waals surface area contributed by atoms with Crippen molar-refractivity contribution in [1.29, 1.82) is 0 Å². The van der Waals surface area contributed by atoms with E-state index in [9.17, 15) is 8.42 Å². The number of aryl methyl sites for hydroxylation is 1. The molecular formula is C13H22N2O3S2. The van der Waals surface area contributed by atoms with E-state index in [0.717, 1.165) is 16.9 Å². The molecule has 0 bridgehead atoms. The van der Waals surface area contributed by atoms with Crippen LogP contribution in [0, 0.1) is 12.8 Å². The van der Waals surface area contributed by atoms with Crippen LogP contribution in [0.15, 0.2) is 10.3 Å². The molecule has 1 fully saturated rings. The van der Waals surface area contributed by atoms with Crippen molar-refractivity contribution in [3.05, 3.63) is 16.5 Å². The van der Waals surface area contributed by atoms with Crippen molar-refractivity contribution in [2.24, 2.45) is 11.7 Å². The lowest BCUT2D eigenvalue weighted by atomic mass is 9.97. The molecule has 2 rings (SSSR count). The lowest BCUT2D eigenvalue weighted by Crippen LogP contribution is -2.46. The van der Waals surface area contributed by atoms with E-state index < -0.39 is 10.0 Å². The van der Waals surface area contributed by atoms with Gasteiger partial charge in [-0.3, -0.25) is 0 Å². The number of nitrogens with two attached hydrogens (primary N) is 1.